The first kappa shape index (κ1) is 22.0. The smallest absolute Gasteiger partial charge is 0.410 e. The molecule has 1 aromatic heterocycles. The molecular formula is C22H29N3O5. The Hall–Kier alpha value is -2.71. The van der Waals surface area contributed by atoms with E-state index < -0.39 is 11.2 Å². The van der Waals surface area contributed by atoms with Gasteiger partial charge in [-0.25, -0.2) is 14.8 Å². The summed E-state index contributed by atoms with van der Waals surface area (Å²) >= 11 is 0. The highest BCUT2D eigenvalue weighted by molar-refractivity contribution is 5.68. The van der Waals surface area contributed by atoms with E-state index in [-0.39, 0.29) is 19.3 Å². The van der Waals surface area contributed by atoms with E-state index in [1.54, 1.807) is 17.3 Å². The lowest BCUT2D eigenvalue weighted by molar-refractivity contribution is -0.0562. The van der Waals surface area contributed by atoms with E-state index in [9.17, 15) is 15.0 Å². The van der Waals surface area contributed by atoms with Crippen LogP contribution in [0.3, 0.4) is 0 Å². The normalized spacial score (nSPS) is 16.2. The molecule has 8 nitrogen and oxygen atoms in total. The Morgan fingerprint density at radius 2 is 1.87 bits per heavy atom. The zero-order chi connectivity index (χ0) is 21.8. The molecule has 1 aliphatic rings. The molecule has 0 radical (unpaired) electrons. The molecular weight excluding hydrogens is 386 g/mol. The van der Waals surface area contributed by atoms with Crippen molar-refractivity contribution in [1.82, 2.24) is 14.9 Å². The fourth-order valence-electron chi connectivity index (χ4n) is 3.14. The molecule has 0 aliphatic carbocycles. The van der Waals surface area contributed by atoms with Crippen LogP contribution in [0, 0.1) is 0 Å². The molecule has 8 heteroatoms. The molecule has 0 atom stereocenters. The molecule has 0 saturated carbocycles. The number of carbonyl (C=O) groups is 1. The second kappa shape index (κ2) is 8.97. The summed E-state index contributed by atoms with van der Waals surface area (Å²) in [5.41, 5.74) is 0.0317. The van der Waals surface area contributed by atoms with Gasteiger partial charge in [0.2, 0.25) is 0 Å². The fraction of sp³-hybridized carbons (Fsp3) is 0.500. The average molecular weight is 415 g/mol. The van der Waals surface area contributed by atoms with E-state index in [1.807, 2.05) is 45.0 Å². The van der Waals surface area contributed by atoms with Crippen molar-refractivity contribution in [3.8, 4) is 17.1 Å². The van der Waals surface area contributed by atoms with Crippen molar-refractivity contribution in [1.29, 1.82) is 0 Å². The number of likely N-dealkylation sites (tertiary alicyclic amines) is 1. The highest BCUT2D eigenvalue weighted by atomic mass is 16.6. The third-order valence-corrected chi connectivity index (χ3v) is 4.85. The number of hydrogen-bond acceptors (Lipinski definition) is 7. The quantitative estimate of drug-likeness (QED) is 0.774. The van der Waals surface area contributed by atoms with Crippen LogP contribution in [0.1, 0.15) is 39.2 Å². The number of benzene rings is 1. The minimum absolute atomic E-state index is 0.0427. The number of amides is 1. The van der Waals surface area contributed by atoms with Crippen LogP contribution in [0.5, 0.6) is 5.75 Å². The van der Waals surface area contributed by atoms with Crippen LogP contribution in [0.25, 0.3) is 11.4 Å². The Kier molecular flexibility index (Phi) is 6.58. The molecule has 2 N–H and O–H groups in total. The van der Waals surface area contributed by atoms with Gasteiger partial charge in [-0.15, -0.1) is 0 Å². The minimum Gasteiger partial charge on any atom is -0.487 e. The molecule has 1 amide bonds. The van der Waals surface area contributed by atoms with E-state index in [4.69, 9.17) is 9.47 Å². The second-order valence-electron chi connectivity index (χ2n) is 8.58. The first-order valence-electron chi connectivity index (χ1n) is 10.0. The Bertz CT molecular complexity index is 856. The number of hydrogen-bond donors (Lipinski definition) is 2. The van der Waals surface area contributed by atoms with E-state index in [0.29, 0.717) is 37.5 Å². The van der Waals surface area contributed by atoms with Crippen LogP contribution in [0.2, 0.25) is 0 Å². The molecule has 3 rings (SSSR count). The first-order valence-corrected chi connectivity index (χ1v) is 10.0. The Labute approximate surface area is 176 Å². The number of carbonyl (C=O) groups excluding carboxylic acids is 1. The lowest BCUT2D eigenvalue weighted by Gasteiger charge is -2.38. The van der Waals surface area contributed by atoms with Gasteiger partial charge in [0.05, 0.1) is 19.0 Å². The Morgan fingerprint density at radius 1 is 1.20 bits per heavy atom. The summed E-state index contributed by atoms with van der Waals surface area (Å²) in [7, 11) is 0. The van der Waals surface area contributed by atoms with Gasteiger partial charge in [0.15, 0.2) is 11.6 Å². The molecule has 2 aromatic rings. The fourth-order valence-corrected chi connectivity index (χ4v) is 3.14. The van der Waals surface area contributed by atoms with Crippen LogP contribution >= 0.6 is 0 Å². The van der Waals surface area contributed by atoms with Crippen molar-refractivity contribution in [2.75, 3.05) is 19.7 Å². The third kappa shape index (κ3) is 5.90. The highest BCUT2D eigenvalue weighted by Gasteiger charge is 2.36. The number of ether oxygens (including phenoxy) is 2. The monoisotopic (exact) mass is 415 g/mol. The predicted molar refractivity (Wildman–Crippen MR) is 111 cm³/mol. The lowest BCUT2D eigenvalue weighted by atomic mass is 9.92. The van der Waals surface area contributed by atoms with Crippen LogP contribution in [-0.4, -0.2) is 62.1 Å². The van der Waals surface area contributed by atoms with Gasteiger partial charge < -0.3 is 24.6 Å². The number of rotatable bonds is 5. The summed E-state index contributed by atoms with van der Waals surface area (Å²) in [5.74, 6) is 0.988. The van der Waals surface area contributed by atoms with Gasteiger partial charge in [0.25, 0.3) is 0 Å². The molecule has 0 spiro atoms. The number of aliphatic hydroxyl groups is 2. The molecule has 1 aromatic carbocycles. The van der Waals surface area contributed by atoms with Crippen molar-refractivity contribution >= 4 is 6.09 Å². The van der Waals surface area contributed by atoms with Gasteiger partial charge in [-0.05, 0) is 45.2 Å². The first-order chi connectivity index (χ1) is 14.2. The van der Waals surface area contributed by atoms with E-state index in [1.165, 1.54) is 0 Å². The number of aliphatic hydroxyl groups excluding tert-OH is 1. The van der Waals surface area contributed by atoms with Gasteiger partial charge in [-0.2, -0.15) is 0 Å². The summed E-state index contributed by atoms with van der Waals surface area (Å²) in [6.07, 6.45) is 3.57. The molecule has 1 saturated heterocycles. The highest BCUT2D eigenvalue weighted by Crippen LogP contribution is 2.25. The maximum atomic E-state index is 12.2. The van der Waals surface area contributed by atoms with Gasteiger partial charge in [0, 0.05) is 18.7 Å². The van der Waals surface area contributed by atoms with E-state index >= 15 is 0 Å². The van der Waals surface area contributed by atoms with Gasteiger partial charge >= 0.3 is 6.09 Å². The topological polar surface area (TPSA) is 105 Å². The van der Waals surface area contributed by atoms with E-state index in [0.717, 1.165) is 11.1 Å². The zero-order valence-electron chi connectivity index (χ0n) is 17.7. The average Bonchev–Trinajstić information content (AvgIpc) is 2.72. The molecule has 1 fully saturated rings. The molecule has 162 valence electrons. The molecule has 30 heavy (non-hydrogen) atoms. The number of piperidine rings is 1. The van der Waals surface area contributed by atoms with Gasteiger partial charge in [-0.3, -0.25) is 0 Å². The molecule has 2 heterocycles. The molecule has 0 unspecified atom stereocenters. The summed E-state index contributed by atoms with van der Waals surface area (Å²) < 4.78 is 11.1. The Balaban J connectivity index is 1.52. The van der Waals surface area contributed by atoms with Gasteiger partial charge in [-0.1, -0.05) is 18.2 Å². The predicted octanol–water partition coefficient (Wildman–Crippen LogP) is 2.78. The van der Waals surface area contributed by atoms with Crippen molar-refractivity contribution < 1.29 is 24.5 Å². The van der Waals surface area contributed by atoms with E-state index in [2.05, 4.69) is 9.97 Å². The summed E-state index contributed by atoms with van der Waals surface area (Å²) in [5, 5.41) is 20.0. The molecule has 1 aliphatic heterocycles. The van der Waals surface area contributed by atoms with Crippen molar-refractivity contribution in [2.24, 2.45) is 0 Å². The lowest BCUT2D eigenvalue weighted by Crippen LogP contribution is -2.50. The minimum atomic E-state index is -1.02. The Morgan fingerprint density at radius 3 is 2.47 bits per heavy atom. The van der Waals surface area contributed by atoms with Crippen molar-refractivity contribution in [2.45, 2.75) is 51.4 Å². The summed E-state index contributed by atoms with van der Waals surface area (Å²) in [4.78, 5) is 22.4. The zero-order valence-corrected chi connectivity index (χ0v) is 17.7. The van der Waals surface area contributed by atoms with Crippen LogP contribution < -0.4 is 4.74 Å². The van der Waals surface area contributed by atoms with Crippen LogP contribution in [0.15, 0.2) is 36.7 Å². The molecule has 0 bridgehead atoms. The standard InChI is InChI=1S/C22H29N3O5/c1-21(2,3)30-20(27)25-9-7-22(28,8-10-25)15-29-18-12-23-19(24-13-18)17-6-4-5-16(11-17)14-26/h4-6,11-13,26,28H,7-10,14-15H2,1-3H3. The summed E-state index contributed by atoms with van der Waals surface area (Å²) in [6, 6.07) is 7.37. The maximum absolute atomic E-state index is 12.2. The summed E-state index contributed by atoms with van der Waals surface area (Å²) in [6.45, 7) is 6.36. The van der Waals surface area contributed by atoms with Crippen LogP contribution in [0.4, 0.5) is 4.79 Å². The van der Waals surface area contributed by atoms with Crippen LogP contribution in [-0.2, 0) is 11.3 Å². The maximum Gasteiger partial charge on any atom is 0.410 e. The van der Waals surface area contributed by atoms with Crippen molar-refractivity contribution in [3.63, 3.8) is 0 Å². The SMILES string of the molecule is CC(C)(C)OC(=O)N1CCC(O)(COc2cnc(-c3cccc(CO)c3)nc2)CC1. The van der Waals surface area contributed by atoms with Gasteiger partial charge in [0.1, 0.15) is 17.8 Å². The third-order valence-electron chi connectivity index (χ3n) is 4.85. The second-order valence-corrected chi connectivity index (χ2v) is 8.58. The largest absolute Gasteiger partial charge is 0.487 e. The van der Waals surface area contributed by atoms with Crippen molar-refractivity contribution in [3.05, 3.63) is 42.2 Å². The number of aromatic nitrogens is 2. The number of nitrogens with zero attached hydrogens (tertiary/aromatic N) is 3.